The Morgan fingerprint density at radius 2 is 1.50 bits per heavy atom. The molecule has 0 saturated heterocycles. The van der Waals surface area contributed by atoms with Crippen LogP contribution in [0.1, 0.15) is 90.9 Å². The Morgan fingerprint density at radius 3 is 2.04 bits per heavy atom. The van der Waals surface area contributed by atoms with Crippen LogP contribution in [0.3, 0.4) is 0 Å². The van der Waals surface area contributed by atoms with Crippen LogP contribution in [0, 0.1) is 29.1 Å². The van der Waals surface area contributed by atoms with Crippen molar-refractivity contribution in [2.24, 2.45) is 29.1 Å². The van der Waals surface area contributed by atoms with Gasteiger partial charge in [-0.25, -0.2) is 4.39 Å². The van der Waals surface area contributed by atoms with Gasteiger partial charge in [-0.05, 0) is 93.5 Å². The van der Waals surface area contributed by atoms with Crippen LogP contribution < -0.4 is 0 Å². The number of hydrogen-bond donors (Lipinski definition) is 0. The van der Waals surface area contributed by atoms with E-state index >= 15 is 0 Å². The van der Waals surface area contributed by atoms with E-state index in [9.17, 15) is 9.18 Å². The first kappa shape index (κ1) is 18.5. The molecular weight excluding hydrogens is 327 g/mol. The molecular formula is C23H35FO2. The van der Waals surface area contributed by atoms with Crippen molar-refractivity contribution in [3.8, 4) is 0 Å². The number of hydrogen-bond acceptors (Lipinski definition) is 2. The highest BCUT2D eigenvalue weighted by atomic mass is 19.1. The molecule has 5 rings (SSSR count). The van der Waals surface area contributed by atoms with Gasteiger partial charge in [0.05, 0.1) is 5.92 Å². The van der Waals surface area contributed by atoms with Gasteiger partial charge in [0.1, 0.15) is 5.83 Å². The van der Waals surface area contributed by atoms with Gasteiger partial charge in [-0.2, -0.15) is 0 Å². The number of esters is 1. The standard InChI is InChI=1S/C23H35FO2/c1-16-3-5-17(6-4-16)18-7-9-19(10-8-18)21(25)26-23-13-11-22(2,12-14-23)15-20(23)24/h15-19H,3-14H2,1-2H3. The monoisotopic (exact) mass is 362 g/mol. The third-order valence-corrected chi connectivity index (χ3v) is 8.24. The van der Waals surface area contributed by atoms with E-state index in [1.54, 1.807) is 6.08 Å². The van der Waals surface area contributed by atoms with Crippen LogP contribution >= 0.6 is 0 Å². The van der Waals surface area contributed by atoms with Crippen LogP contribution in [-0.2, 0) is 9.53 Å². The second-order valence-corrected chi connectivity index (χ2v) is 10.2. The molecule has 3 heteroatoms. The predicted molar refractivity (Wildman–Crippen MR) is 101 cm³/mol. The third kappa shape index (κ3) is 3.47. The minimum absolute atomic E-state index is 0.00817. The van der Waals surface area contributed by atoms with Gasteiger partial charge in [-0.15, -0.1) is 0 Å². The van der Waals surface area contributed by atoms with E-state index in [1.807, 2.05) is 0 Å². The minimum Gasteiger partial charge on any atom is -0.452 e. The van der Waals surface area contributed by atoms with Crippen LogP contribution in [0.25, 0.3) is 0 Å². The maximum absolute atomic E-state index is 14.6. The summed E-state index contributed by atoms with van der Waals surface area (Å²) in [4.78, 5) is 12.8. The molecule has 5 aliphatic rings. The summed E-state index contributed by atoms with van der Waals surface area (Å²) in [6.45, 7) is 4.49. The lowest BCUT2D eigenvalue weighted by molar-refractivity contribution is -0.171. The average molecular weight is 363 g/mol. The van der Waals surface area contributed by atoms with Crippen LogP contribution in [0.4, 0.5) is 4.39 Å². The fourth-order valence-electron chi connectivity index (χ4n) is 6.06. The Labute approximate surface area is 157 Å². The third-order valence-electron chi connectivity index (χ3n) is 8.24. The summed E-state index contributed by atoms with van der Waals surface area (Å²) in [7, 11) is 0. The highest BCUT2D eigenvalue weighted by molar-refractivity contribution is 5.73. The molecule has 26 heavy (non-hydrogen) atoms. The van der Waals surface area contributed by atoms with Crippen LogP contribution in [0.5, 0.6) is 0 Å². The van der Waals surface area contributed by atoms with Crippen molar-refractivity contribution in [3.05, 3.63) is 11.9 Å². The zero-order valence-corrected chi connectivity index (χ0v) is 16.6. The summed E-state index contributed by atoms with van der Waals surface area (Å²) in [6, 6.07) is 0. The molecule has 3 saturated carbocycles. The van der Waals surface area contributed by atoms with E-state index in [0.29, 0.717) is 12.8 Å². The van der Waals surface area contributed by atoms with E-state index < -0.39 is 5.60 Å². The molecule has 2 nitrogen and oxygen atoms in total. The van der Waals surface area contributed by atoms with Crippen molar-refractivity contribution < 1.29 is 13.9 Å². The van der Waals surface area contributed by atoms with Gasteiger partial charge >= 0.3 is 5.97 Å². The second-order valence-electron chi connectivity index (χ2n) is 10.2. The molecule has 146 valence electrons. The Hall–Kier alpha value is -0.860. The number of fused-ring (bicyclic) bond motifs is 2. The fourth-order valence-corrected chi connectivity index (χ4v) is 6.06. The Kier molecular flexibility index (Phi) is 4.94. The molecule has 0 radical (unpaired) electrons. The Bertz CT molecular complexity index is 557. The predicted octanol–water partition coefficient (Wildman–Crippen LogP) is 6.35. The van der Waals surface area contributed by atoms with Gasteiger partial charge in [0.25, 0.3) is 0 Å². The van der Waals surface area contributed by atoms with Gasteiger partial charge in [-0.3, -0.25) is 4.79 Å². The van der Waals surface area contributed by atoms with Gasteiger partial charge < -0.3 is 4.74 Å². The number of carbonyl (C=O) groups is 1. The molecule has 0 spiro atoms. The van der Waals surface area contributed by atoms with E-state index in [0.717, 1.165) is 56.3 Å². The van der Waals surface area contributed by atoms with Gasteiger partial charge in [0.2, 0.25) is 0 Å². The number of carbonyl (C=O) groups excluding carboxylic acids is 1. The average Bonchev–Trinajstić information content (AvgIpc) is 2.64. The normalized spacial score (nSPS) is 45.9. The quantitative estimate of drug-likeness (QED) is 0.547. The molecule has 0 N–H and O–H groups in total. The van der Waals surface area contributed by atoms with Crippen LogP contribution in [-0.4, -0.2) is 11.6 Å². The molecule has 2 bridgehead atoms. The SMILES string of the molecule is CC1CCC(C2CCC(C(=O)OC34CCC(C)(C=C3F)CC4)CC2)CC1. The molecule has 0 amide bonds. The minimum atomic E-state index is -0.925. The largest absolute Gasteiger partial charge is 0.452 e. The summed E-state index contributed by atoms with van der Waals surface area (Å²) in [5, 5.41) is 0. The maximum Gasteiger partial charge on any atom is 0.309 e. The lowest BCUT2D eigenvalue weighted by atomic mass is 9.63. The molecule has 0 heterocycles. The molecule has 3 fully saturated rings. The number of halogens is 1. The number of ether oxygens (including phenoxy) is 1. The number of rotatable bonds is 3. The highest BCUT2D eigenvalue weighted by Gasteiger charge is 2.51. The Morgan fingerprint density at radius 1 is 0.962 bits per heavy atom. The van der Waals surface area contributed by atoms with E-state index in [2.05, 4.69) is 13.8 Å². The topological polar surface area (TPSA) is 26.3 Å². The van der Waals surface area contributed by atoms with Gasteiger partial charge in [0.15, 0.2) is 5.60 Å². The zero-order valence-electron chi connectivity index (χ0n) is 16.6. The van der Waals surface area contributed by atoms with Crippen LogP contribution in [0.15, 0.2) is 11.9 Å². The first-order valence-electron chi connectivity index (χ1n) is 11.0. The lowest BCUT2D eigenvalue weighted by Gasteiger charge is -2.48. The summed E-state index contributed by atoms with van der Waals surface area (Å²) in [6.07, 6.45) is 14.6. The molecule has 0 aromatic carbocycles. The summed E-state index contributed by atoms with van der Waals surface area (Å²) in [5.74, 6) is 2.24. The maximum atomic E-state index is 14.6. The lowest BCUT2D eigenvalue weighted by Crippen LogP contribution is -2.47. The van der Waals surface area contributed by atoms with Crippen molar-refractivity contribution in [1.82, 2.24) is 0 Å². The first-order chi connectivity index (χ1) is 12.4. The molecule has 0 aliphatic heterocycles. The van der Waals surface area contributed by atoms with Gasteiger partial charge in [-0.1, -0.05) is 26.7 Å². The van der Waals surface area contributed by atoms with E-state index in [4.69, 9.17) is 4.74 Å². The fraction of sp³-hybridized carbons (Fsp3) is 0.870. The van der Waals surface area contributed by atoms with Crippen molar-refractivity contribution in [3.63, 3.8) is 0 Å². The van der Waals surface area contributed by atoms with E-state index in [1.165, 1.54) is 25.7 Å². The highest BCUT2D eigenvalue weighted by Crippen LogP contribution is 2.53. The van der Waals surface area contributed by atoms with Crippen molar-refractivity contribution in [1.29, 1.82) is 0 Å². The molecule has 0 unspecified atom stereocenters. The Balaban J connectivity index is 1.31. The first-order valence-corrected chi connectivity index (χ1v) is 11.0. The van der Waals surface area contributed by atoms with Crippen LogP contribution in [0.2, 0.25) is 0 Å². The van der Waals surface area contributed by atoms with Crippen molar-refractivity contribution >= 4 is 5.97 Å². The second kappa shape index (κ2) is 6.95. The smallest absolute Gasteiger partial charge is 0.309 e. The molecule has 0 aromatic rings. The summed E-state index contributed by atoms with van der Waals surface area (Å²) in [5.41, 5.74) is -0.945. The van der Waals surface area contributed by atoms with E-state index in [-0.39, 0.29) is 23.1 Å². The van der Waals surface area contributed by atoms with Gasteiger partial charge in [0, 0.05) is 0 Å². The zero-order chi connectivity index (χ0) is 18.4. The molecule has 0 atom stereocenters. The van der Waals surface area contributed by atoms with Crippen molar-refractivity contribution in [2.45, 2.75) is 96.5 Å². The molecule has 0 aromatic heterocycles. The summed E-state index contributed by atoms with van der Waals surface area (Å²) >= 11 is 0. The number of allylic oxidation sites excluding steroid dienone is 1. The molecule has 5 aliphatic carbocycles. The summed E-state index contributed by atoms with van der Waals surface area (Å²) < 4.78 is 20.5. The van der Waals surface area contributed by atoms with Crippen molar-refractivity contribution in [2.75, 3.05) is 0 Å².